The van der Waals surface area contributed by atoms with Crippen molar-refractivity contribution in [3.8, 4) is 0 Å². The van der Waals surface area contributed by atoms with Crippen molar-refractivity contribution in [1.82, 2.24) is 24.1 Å². The number of hydrogen-bond donors (Lipinski definition) is 1. The second-order valence-corrected chi connectivity index (χ2v) is 12.0. The van der Waals surface area contributed by atoms with Gasteiger partial charge in [0.25, 0.3) is 5.56 Å². The normalized spacial score (nSPS) is 25.5. The van der Waals surface area contributed by atoms with Gasteiger partial charge in [-0.05, 0) is 24.8 Å². The highest BCUT2D eigenvalue weighted by Crippen LogP contribution is 2.40. The Labute approximate surface area is 206 Å². The molecule has 3 aromatic rings. The molecule has 2 unspecified atom stereocenters. The first-order valence-electron chi connectivity index (χ1n) is 11.8. The minimum Gasteiger partial charge on any atom is -0.379 e. The number of nitrogen functional groups attached to an aromatic ring is 1. The summed E-state index contributed by atoms with van der Waals surface area (Å²) in [6.07, 6.45) is 4.10. The maximum Gasteiger partial charge on any atom is 0.279 e. The number of aromatic nitrogens is 5. The number of aryl methyl sites for hydroxylation is 1. The van der Waals surface area contributed by atoms with Gasteiger partial charge in [0.2, 0.25) is 5.95 Å². The van der Waals surface area contributed by atoms with Crippen LogP contribution in [0.15, 0.2) is 22.0 Å². The second-order valence-electron chi connectivity index (χ2n) is 9.57. The van der Waals surface area contributed by atoms with Gasteiger partial charge >= 0.3 is 0 Å². The zero-order valence-corrected chi connectivity index (χ0v) is 20.8. The van der Waals surface area contributed by atoms with E-state index in [1.807, 2.05) is 4.90 Å². The van der Waals surface area contributed by atoms with Gasteiger partial charge in [-0.1, -0.05) is 18.5 Å². The Morgan fingerprint density at radius 2 is 2.14 bits per heavy atom. The van der Waals surface area contributed by atoms with Crippen molar-refractivity contribution in [3.05, 3.63) is 39.2 Å². The van der Waals surface area contributed by atoms with Crippen LogP contribution in [0.4, 0.5) is 11.8 Å². The summed E-state index contributed by atoms with van der Waals surface area (Å²) in [6.45, 7) is 3.82. The summed E-state index contributed by atoms with van der Waals surface area (Å²) in [5.74, 6) is 1.26. The summed E-state index contributed by atoms with van der Waals surface area (Å²) in [4.78, 5) is 24.2. The Kier molecular flexibility index (Phi) is 5.31. The number of rotatable bonds is 4. The van der Waals surface area contributed by atoms with Gasteiger partial charge in [-0.25, -0.2) is 17.9 Å². The molecule has 186 valence electrons. The molecular weight excluding hydrogens is 494 g/mol. The summed E-state index contributed by atoms with van der Waals surface area (Å²) in [5.41, 5.74) is 6.56. The van der Waals surface area contributed by atoms with Gasteiger partial charge in [-0.15, -0.1) is 0 Å². The molecule has 0 radical (unpaired) electrons. The van der Waals surface area contributed by atoms with Gasteiger partial charge in [0.05, 0.1) is 29.1 Å². The smallest absolute Gasteiger partial charge is 0.279 e. The molecule has 3 aromatic heterocycles. The van der Waals surface area contributed by atoms with Crippen LogP contribution in [-0.4, -0.2) is 64.1 Å². The first-order valence-corrected chi connectivity index (χ1v) is 13.8. The van der Waals surface area contributed by atoms with Crippen LogP contribution in [0.2, 0.25) is 5.02 Å². The Balaban J connectivity index is 1.43. The second kappa shape index (κ2) is 8.17. The van der Waals surface area contributed by atoms with Crippen molar-refractivity contribution in [2.45, 2.75) is 49.6 Å². The Morgan fingerprint density at radius 1 is 1.31 bits per heavy atom. The third kappa shape index (κ3) is 3.61. The standard InChI is InChI=1S/C22H26ClN7O4S/c1-12-10-28(20-19-15(25-22(24)26-20)5-8-35(19,32)33)16(12)9-17-27-29-6-4-14(23)18(29)21(31)30(17)13-3-2-7-34-11-13/h4,6,12-13,16H,2-3,5,7-11H2,1H3,(H2,24,25,26)/t12-,13?,16?/m0/s1. The Hall–Kier alpha value is -2.70. The lowest BCUT2D eigenvalue weighted by Crippen LogP contribution is -2.57. The van der Waals surface area contributed by atoms with Crippen LogP contribution in [0, 0.1) is 5.92 Å². The van der Waals surface area contributed by atoms with Crippen LogP contribution in [0.1, 0.15) is 37.3 Å². The van der Waals surface area contributed by atoms with E-state index in [9.17, 15) is 13.2 Å². The number of nitrogens with zero attached hydrogens (tertiary/aromatic N) is 6. The van der Waals surface area contributed by atoms with Gasteiger partial charge in [0.1, 0.15) is 16.2 Å². The average molecular weight is 520 g/mol. The third-order valence-electron chi connectivity index (χ3n) is 7.30. The predicted molar refractivity (Wildman–Crippen MR) is 130 cm³/mol. The fraction of sp³-hybridized carbons (Fsp3) is 0.545. The highest BCUT2D eigenvalue weighted by atomic mass is 35.5. The molecule has 0 spiro atoms. The lowest BCUT2D eigenvalue weighted by atomic mass is 9.87. The van der Waals surface area contributed by atoms with Crippen molar-refractivity contribution in [3.63, 3.8) is 0 Å². The quantitative estimate of drug-likeness (QED) is 0.540. The summed E-state index contributed by atoms with van der Waals surface area (Å²) in [7, 11) is -3.47. The lowest BCUT2D eigenvalue weighted by molar-refractivity contribution is 0.0561. The molecule has 35 heavy (non-hydrogen) atoms. The number of nitrogens with two attached hydrogens (primary N) is 1. The third-order valence-corrected chi connectivity index (χ3v) is 9.39. The van der Waals surface area contributed by atoms with Crippen molar-refractivity contribution in [1.29, 1.82) is 0 Å². The topological polar surface area (TPSA) is 138 Å². The summed E-state index contributed by atoms with van der Waals surface area (Å²) in [5, 5.41) is 5.13. The number of fused-ring (bicyclic) bond motifs is 2. The molecule has 3 aliphatic rings. The molecule has 2 saturated heterocycles. The highest BCUT2D eigenvalue weighted by molar-refractivity contribution is 7.91. The van der Waals surface area contributed by atoms with E-state index in [1.54, 1.807) is 16.8 Å². The first kappa shape index (κ1) is 22.7. The van der Waals surface area contributed by atoms with Crippen molar-refractivity contribution >= 4 is 38.7 Å². The van der Waals surface area contributed by atoms with Crippen LogP contribution in [0.3, 0.4) is 0 Å². The predicted octanol–water partition coefficient (Wildman–Crippen LogP) is 1.27. The molecule has 0 bridgehead atoms. The van der Waals surface area contributed by atoms with Crippen molar-refractivity contribution in [2.24, 2.45) is 5.92 Å². The van der Waals surface area contributed by atoms with E-state index in [4.69, 9.17) is 27.2 Å². The molecule has 0 saturated carbocycles. The first-order chi connectivity index (χ1) is 16.7. The summed E-state index contributed by atoms with van der Waals surface area (Å²) < 4.78 is 34.5. The number of ether oxygens (including phenoxy) is 1. The van der Waals surface area contributed by atoms with Crippen LogP contribution in [0.5, 0.6) is 0 Å². The molecule has 6 heterocycles. The highest BCUT2D eigenvalue weighted by Gasteiger charge is 2.43. The average Bonchev–Trinajstić information content (AvgIpc) is 3.34. The molecule has 3 aliphatic heterocycles. The van der Waals surface area contributed by atoms with Crippen LogP contribution in [-0.2, 0) is 27.4 Å². The molecule has 0 aromatic carbocycles. The largest absolute Gasteiger partial charge is 0.379 e. The Morgan fingerprint density at radius 3 is 2.89 bits per heavy atom. The Bertz CT molecular complexity index is 1500. The number of sulfone groups is 1. The number of halogens is 1. The van der Waals surface area contributed by atoms with E-state index in [0.717, 1.165) is 12.8 Å². The molecule has 11 nitrogen and oxygen atoms in total. The molecule has 3 atom stereocenters. The summed E-state index contributed by atoms with van der Waals surface area (Å²) in [6, 6.07) is 1.40. The summed E-state index contributed by atoms with van der Waals surface area (Å²) >= 11 is 6.31. The van der Waals surface area contributed by atoms with Gasteiger partial charge < -0.3 is 15.4 Å². The van der Waals surface area contributed by atoms with Crippen molar-refractivity contribution < 1.29 is 13.2 Å². The molecular formula is C22H26ClN7O4S. The van der Waals surface area contributed by atoms with Crippen molar-refractivity contribution in [2.75, 3.05) is 36.1 Å². The molecule has 0 amide bonds. The van der Waals surface area contributed by atoms with Gasteiger partial charge in [0, 0.05) is 38.2 Å². The molecule has 2 N–H and O–H groups in total. The van der Waals surface area contributed by atoms with E-state index in [1.165, 1.54) is 4.52 Å². The zero-order valence-electron chi connectivity index (χ0n) is 19.2. The van der Waals surface area contributed by atoms with Gasteiger partial charge in [0.15, 0.2) is 15.7 Å². The SMILES string of the molecule is C[C@H]1CN(c2nc(N)nc3c2S(=O)(=O)CC3)C1Cc1nn2ccc(Cl)c2c(=O)n1C1CCCOC1. The number of anilines is 2. The van der Waals surface area contributed by atoms with E-state index < -0.39 is 9.84 Å². The van der Waals surface area contributed by atoms with E-state index in [2.05, 4.69) is 16.9 Å². The monoisotopic (exact) mass is 519 g/mol. The van der Waals surface area contributed by atoms with E-state index in [-0.39, 0.29) is 40.2 Å². The number of hydrogen-bond acceptors (Lipinski definition) is 9. The van der Waals surface area contributed by atoms with Crippen LogP contribution >= 0.6 is 11.6 Å². The molecule has 6 rings (SSSR count). The molecule has 0 aliphatic carbocycles. The fourth-order valence-corrected chi connectivity index (χ4v) is 7.36. The van der Waals surface area contributed by atoms with E-state index in [0.29, 0.717) is 60.5 Å². The minimum atomic E-state index is -3.47. The van der Waals surface area contributed by atoms with E-state index >= 15 is 0 Å². The maximum absolute atomic E-state index is 13.6. The lowest BCUT2D eigenvalue weighted by Gasteiger charge is -2.48. The molecule has 2 fully saturated rings. The van der Waals surface area contributed by atoms with Gasteiger partial charge in [-0.3, -0.25) is 9.36 Å². The minimum absolute atomic E-state index is 0.00929. The fourth-order valence-electron chi connectivity index (χ4n) is 5.53. The van der Waals surface area contributed by atoms with Gasteiger partial charge in [-0.2, -0.15) is 10.1 Å². The van der Waals surface area contributed by atoms with Crippen LogP contribution < -0.4 is 16.2 Å². The zero-order chi connectivity index (χ0) is 24.5. The molecule has 13 heteroatoms. The maximum atomic E-state index is 13.6. The van der Waals surface area contributed by atoms with Crippen LogP contribution in [0.25, 0.3) is 5.52 Å².